The molecule has 3 aromatic carbocycles. The molecule has 206 valence electrons. The van der Waals surface area contributed by atoms with Crippen LogP contribution < -0.4 is 5.32 Å². The minimum Gasteiger partial charge on any atom is -0.441 e. The molecule has 10 nitrogen and oxygen atoms in total. The van der Waals surface area contributed by atoms with Gasteiger partial charge in [-0.3, -0.25) is 14.9 Å². The first-order valence-corrected chi connectivity index (χ1v) is 13.7. The van der Waals surface area contributed by atoms with Crippen LogP contribution in [0.1, 0.15) is 38.1 Å². The van der Waals surface area contributed by atoms with Crippen molar-refractivity contribution in [3.63, 3.8) is 0 Å². The highest BCUT2D eigenvalue weighted by Crippen LogP contribution is 2.33. The van der Waals surface area contributed by atoms with Crippen molar-refractivity contribution >= 4 is 33.6 Å². The molecular formula is C29H27N3O7S. The average molecular weight is 562 g/mol. The predicted molar refractivity (Wildman–Crippen MR) is 147 cm³/mol. The van der Waals surface area contributed by atoms with Crippen LogP contribution in [0.3, 0.4) is 0 Å². The Balaban J connectivity index is 1.51. The molecule has 0 aliphatic carbocycles. The van der Waals surface area contributed by atoms with Crippen molar-refractivity contribution in [2.45, 2.75) is 38.7 Å². The van der Waals surface area contributed by atoms with E-state index in [4.69, 9.17) is 9.26 Å². The summed E-state index contributed by atoms with van der Waals surface area (Å²) in [6.07, 6.45) is -1.11. The molecule has 0 saturated heterocycles. The molecule has 4 aromatic rings. The molecule has 1 atom stereocenters. The molecule has 11 heteroatoms. The van der Waals surface area contributed by atoms with Crippen molar-refractivity contribution < 1.29 is 32.1 Å². The van der Waals surface area contributed by atoms with Crippen molar-refractivity contribution in [2.24, 2.45) is 0 Å². The first-order chi connectivity index (χ1) is 19.0. The predicted octanol–water partition coefficient (Wildman–Crippen LogP) is 5.71. The van der Waals surface area contributed by atoms with E-state index >= 15 is 0 Å². The molecule has 1 aromatic heterocycles. The number of rotatable bonds is 7. The number of carbonyl (C=O) groups excluding carboxylic acids is 3. The molecule has 0 spiro atoms. The maximum atomic E-state index is 12.7. The zero-order chi connectivity index (χ0) is 29.0. The maximum absolute atomic E-state index is 12.7. The molecule has 0 fully saturated rings. The molecule has 40 heavy (non-hydrogen) atoms. The highest BCUT2D eigenvalue weighted by molar-refractivity contribution is 7.90. The second-order valence-electron chi connectivity index (χ2n) is 8.96. The van der Waals surface area contributed by atoms with Gasteiger partial charge in [0.25, 0.3) is 10.0 Å². The number of hydrogen-bond donors (Lipinski definition) is 1. The Kier molecular flexibility index (Phi) is 8.15. The SMILES string of the molecule is CC(=O)N(C(C)=O)S(=O)(=O)c1ccc(-c2ccc(-c3onc(C)c3NC(=O)OC(C)c3ccccc3)cc2)cc1. The Morgan fingerprint density at radius 1 is 0.850 bits per heavy atom. The first kappa shape index (κ1) is 28.2. The lowest BCUT2D eigenvalue weighted by Gasteiger charge is -2.17. The first-order valence-electron chi connectivity index (χ1n) is 12.2. The number of imide groups is 1. The summed E-state index contributed by atoms with van der Waals surface area (Å²) in [7, 11) is -4.31. The van der Waals surface area contributed by atoms with Crippen molar-refractivity contribution in [3.8, 4) is 22.5 Å². The van der Waals surface area contributed by atoms with Crippen LogP contribution >= 0.6 is 0 Å². The molecule has 4 rings (SSSR count). The van der Waals surface area contributed by atoms with E-state index in [-0.39, 0.29) is 9.20 Å². The summed E-state index contributed by atoms with van der Waals surface area (Å²) in [5, 5.41) is 6.70. The van der Waals surface area contributed by atoms with E-state index in [9.17, 15) is 22.8 Å². The zero-order valence-electron chi connectivity index (χ0n) is 22.2. The number of amides is 3. The maximum Gasteiger partial charge on any atom is 0.412 e. The van der Waals surface area contributed by atoms with Crippen molar-refractivity contribution in [3.05, 3.63) is 90.1 Å². The van der Waals surface area contributed by atoms with Crippen LogP contribution in [0.2, 0.25) is 0 Å². The number of sulfonamides is 1. The summed E-state index contributed by atoms with van der Waals surface area (Å²) in [5.74, 6) is -1.42. The van der Waals surface area contributed by atoms with Gasteiger partial charge in [-0.15, -0.1) is 0 Å². The topological polar surface area (TPSA) is 136 Å². The summed E-state index contributed by atoms with van der Waals surface area (Å²) in [5.41, 5.74) is 3.83. The fraction of sp³-hybridized carbons (Fsp3) is 0.172. The minimum atomic E-state index is -4.31. The molecule has 0 aliphatic heterocycles. The second-order valence-corrected chi connectivity index (χ2v) is 10.8. The molecule has 1 heterocycles. The van der Waals surface area contributed by atoms with Crippen molar-refractivity contribution in [2.75, 3.05) is 5.32 Å². The Morgan fingerprint density at radius 2 is 1.38 bits per heavy atom. The third-order valence-corrected chi connectivity index (χ3v) is 7.95. The van der Waals surface area contributed by atoms with E-state index in [2.05, 4.69) is 10.5 Å². The van der Waals surface area contributed by atoms with E-state index in [1.54, 1.807) is 50.2 Å². The Labute approximate surface area is 231 Å². The Morgan fingerprint density at radius 3 is 1.93 bits per heavy atom. The van der Waals surface area contributed by atoms with Crippen LogP contribution in [0.15, 0.2) is 88.3 Å². The summed E-state index contributed by atoms with van der Waals surface area (Å²) in [6.45, 7) is 5.51. The molecule has 0 saturated carbocycles. The number of anilines is 1. The highest BCUT2D eigenvalue weighted by atomic mass is 32.2. The zero-order valence-corrected chi connectivity index (χ0v) is 23.1. The van der Waals surface area contributed by atoms with Gasteiger partial charge in [-0.1, -0.05) is 71.9 Å². The number of aromatic nitrogens is 1. The summed E-state index contributed by atoms with van der Waals surface area (Å²) in [4.78, 5) is 35.9. The van der Waals surface area contributed by atoms with Crippen LogP contribution in [-0.2, 0) is 24.3 Å². The Hall–Kier alpha value is -4.77. The molecule has 1 N–H and O–H groups in total. The molecule has 0 aliphatic rings. The standard InChI is InChI=1S/C29H27N3O7S/c1-18-27(30-29(35)38-19(2)22-8-6-5-7-9-22)28(39-31-18)25-12-10-23(11-13-25)24-14-16-26(17-15-24)40(36,37)32(20(3)33)21(4)34/h5-17,19H,1-4H3,(H,30,35). The van der Waals surface area contributed by atoms with Crippen LogP contribution in [0.5, 0.6) is 0 Å². The van der Waals surface area contributed by atoms with Crippen LogP contribution in [0.4, 0.5) is 10.5 Å². The summed E-state index contributed by atoms with van der Waals surface area (Å²) >= 11 is 0. The minimum absolute atomic E-state index is 0.181. The van der Waals surface area contributed by atoms with Crippen molar-refractivity contribution in [1.82, 2.24) is 9.46 Å². The lowest BCUT2D eigenvalue weighted by atomic mass is 10.0. The fourth-order valence-corrected chi connectivity index (χ4v) is 5.46. The van der Waals surface area contributed by atoms with Crippen LogP contribution in [0, 0.1) is 6.92 Å². The number of nitrogens with zero attached hydrogens (tertiary/aromatic N) is 2. The van der Waals surface area contributed by atoms with Gasteiger partial charge in [0.2, 0.25) is 11.8 Å². The number of carbonyl (C=O) groups is 3. The second kappa shape index (κ2) is 11.5. The monoisotopic (exact) mass is 561 g/mol. The summed E-state index contributed by atoms with van der Waals surface area (Å²) in [6, 6.07) is 22.3. The van der Waals surface area contributed by atoms with Gasteiger partial charge in [-0.05, 0) is 42.7 Å². The molecular weight excluding hydrogens is 534 g/mol. The van der Waals surface area contributed by atoms with Crippen molar-refractivity contribution in [1.29, 1.82) is 0 Å². The van der Waals surface area contributed by atoms with E-state index < -0.39 is 34.0 Å². The molecule has 0 radical (unpaired) electrons. The lowest BCUT2D eigenvalue weighted by Crippen LogP contribution is -2.38. The highest BCUT2D eigenvalue weighted by Gasteiger charge is 2.30. The third kappa shape index (κ3) is 5.94. The molecule has 1 unspecified atom stereocenters. The third-order valence-electron chi connectivity index (χ3n) is 6.09. The Bertz CT molecular complexity index is 1630. The number of benzene rings is 3. The molecule has 0 bridgehead atoms. The van der Waals surface area contributed by atoms with Gasteiger partial charge in [0.15, 0.2) is 5.76 Å². The van der Waals surface area contributed by atoms with Gasteiger partial charge < -0.3 is 9.26 Å². The lowest BCUT2D eigenvalue weighted by molar-refractivity contribution is -0.135. The molecule has 3 amide bonds. The van der Waals surface area contributed by atoms with E-state index in [0.29, 0.717) is 28.3 Å². The number of hydrogen-bond acceptors (Lipinski definition) is 8. The number of nitrogens with one attached hydrogen (secondary N) is 1. The van der Waals surface area contributed by atoms with Gasteiger partial charge in [0.1, 0.15) is 17.5 Å². The largest absolute Gasteiger partial charge is 0.441 e. The van der Waals surface area contributed by atoms with Gasteiger partial charge >= 0.3 is 6.09 Å². The van der Waals surface area contributed by atoms with Crippen LogP contribution in [0.25, 0.3) is 22.5 Å². The fourth-order valence-electron chi connectivity index (χ4n) is 4.10. The number of ether oxygens (including phenoxy) is 1. The quantitative estimate of drug-likeness (QED) is 0.303. The van der Waals surface area contributed by atoms with E-state index in [0.717, 1.165) is 25.0 Å². The summed E-state index contributed by atoms with van der Waals surface area (Å²) < 4.78 is 36.7. The van der Waals surface area contributed by atoms with Gasteiger partial charge in [-0.25, -0.2) is 13.2 Å². The van der Waals surface area contributed by atoms with E-state index in [1.165, 1.54) is 12.1 Å². The normalized spacial score (nSPS) is 11.9. The smallest absolute Gasteiger partial charge is 0.412 e. The van der Waals surface area contributed by atoms with Crippen LogP contribution in [-0.4, -0.2) is 35.8 Å². The average Bonchev–Trinajstić information content (AvgIpc) is 3.28. The number of aryl methyl sites for hydroxylation is 1. The van der Waals surface area contributed by atoms with Gasteiger partial charge in [0.05, 0.1) is 4.90 Å². The van der Waals surface area contributed by atoms with Gasteiger partial charge in [-0.2, -0.15) is 4.31 Å². The van der Waals surface area contributed by atoms with E-state index in [1.807, 2.05) is 30.3 Å². The van der Waals surface area contributed by atoms with Gasteiger partial charge in [0, 0.05) is 19.4 Å².